The van der Waals surface area contributed by atoms with Crippen LogP contribution in [0.15, 0.2) is 36.7 Å². The summed E-state index contributed by atoms with van der Waals surface area (Å²) in [5, 5.41) is 20.1. The van der Waals surface area contributed by atoms with Gasteiger partial charge in [0.1, 0.15) is 0 Å². The molecule has 0 spiro atoms. The highest BCUT2D eigenvalue weighted by Gasteiger charge is 2.24. The van der Waals surface area contributed by atoms with Crippen molar-refractivity contribution in [3.63, 3.8) is 0 Å². The van der Waals surface area contributed by atoms with Crippen LogP contribution in [0.3, 0.4) is 0 Å². The van der Waals surface area contributed by atoms with Crippen LogP contribution in [0.4, 0.5) is 4.79 Å². The van der Waals surface area contributed by atoms with Gasteiger partial charge in [0.2, 0.25) is 0 Å². The van der Waals surface area contributed by atoms with E-state index in [1.54, 1.807) is 22.0 Å². The van der Waals surface area contributed by atoms with Crippen LogP contribution in [-0.4, -0.2) is 50.7 Å². The molecule has 3 rings (SSSR count). The molecule has 2 amide bonds. The number of amides is 2. The second-order valence-corrected chi connectivity index (χ2v) is 6.25. The van der Waals surface area contributed by atoms with E-state index in [1.807, 2.05) is 31.2 Å². The van der Waals surface area contributed by atoms with Gasteiger partial charge in [-0.25, -0.2) is 9.48 Å². The number of carbonyl (C=O) groups is 1. The first-order valence-electron chi connectivity index (χ1n) is 8.30. The van der Waals surface area contributed by atoms with Gasteiger partial charge in [0.25, 0.3) is 0 Å². The number of hydrogen-bond acceptors (Lipinski definition) is 4. The number of nitrogens with one attached hydrogen (secondary N) is 1. The molecule has 2 atom stereocenters. The van der Waals surface area contributed by atoms with Crippen LogP contribution < -0.4 is 5.32 Å². The maximum Gasteiger partial charge on any atom is 0.317 e. The van der Waals surface area contributed by atoms with E-state index in [1.165, 1.54) is 0 Å². The number of likely N-dealkylation sites (tertiary alicyclic amines) is 1. The van der Waals surface area contributed by atoms with Gasteiger partial charge in [-0.3, -0.25) is 0 Å². The molecule has 1 aromatic carbocycles. The van der Waals surface area contributed by atoms with Gasteiger partial charge in [-0.1, -0.05) is 17.3 Å². The van der Waals surface area contributed by atoms with E-state index in [4.69, 9.17) is 0 Å². The SMILES string of the molecule is CC(NC(=O)N1CCCC(CO)C1)c1ccc(-n2ccnn2)cc1. The molecule has 2 heterocycles. The fraction of sp³-hybridized carbons (Fsp3) is 0.471. The standard InChI is InChI=1S/C17H23N5O2/c1-13(19-17(24)21-9-2-3-14(11-21)12-23)15-4-6-16(7-5-15)22-10-8-18-20-22/h4-8,10,13-14,23H,2-3,9,11-12H2,1H3,(H,19,24). The summed E-state index contributed by atoms with van der Waals surface area (Å²) < 4.78 is 1.69. The summed E-state index contributed by atoms with van der Waals surface area (Å²) in [5.74, 6) is 0.196. The first-order valence-corrected chi connectivity index (χ1v) is 8.30. The Balaban J connectivity index is 1.60. The number of hydrogen-bond donors (Lipinski definition) is 2. The normalized spacial score (nSPS) is 19.1. The quantitative estimate of drug-likeness (QED) is 0.895. The molecule has 0 aliphatic carbocycles. The summed E-state index contributed by atoms with van der Waals surface area (Å²) in [7, 11) is 0. The highest BCUT2D eigenvalue weighted by molar-refractivity contribution is 5.74. The van der Waals surface area contributed by atoms with E-state index in [-0.39, 0.29) is 24.6 Å². The summed E-state index contributed by atoms with van der Waals surface area (Å²) >= 11 is 0. The number of carbonyl (C=O) groups excluding carboxylic acids is 1. The number of aliphatic hydroxyl groups is 1. The molecule has 1 saturated heterocycles. The monoisotopic (exact) mass is 329 g/mol. The fourth-order valence-corrected chi connectivity index (χ4v) is 3.02. The van der Waals surface area contributed by atoms with Crippen molar-refractivity contribution in [2.45, 2.75) is 25.8 Å². The highest BCUT2D eigenvalue weighted by atomic mass is 16.3. The average Bonchev–Trinajstić information content (AvgIpc) is 3.16. The van der Waals surface area contributed by atoms with E-state index >= 15 is 0 Å². The number of benzene rings is 1. The maximum atomic E-state index is 12.4. The number of rotatable bonds is 4. The van der Waals surface area contributed by atoms with Crippen LogP contribution in [0.25, 0.3) is 5.69 Å². The maximum absolute atomic E-state index is 12.4. The summed E-state index contributed by atoms with van der Waals surface area (Å²) in [4.78, 5) is 14.2. The van der Waals surface area contributed by atoms with E-state index in [2.05, 4.69) is 15.6 Å². The Morgan fingerprint density at radius 3 is 2.88 bits per heavy atom. The number of aromatic nitrogens is 3. The number of piperidine rings is 1. The summed E-state index contributed by atoms with van der Waals surface area (Å²) in [6, 6.07) is 7.71. The van der Waals surface area contributed by atoms with Gasteiger partial charge in [-0.2, -0.15) is 0 Å². The molecule has 1 fully saturated rings. The Morgan fingerprint density at radius 1 is 1.42 bits per heavy atom. The van der Waals surface area contributed by atoms with Gasteiger partial charge in [-0.05, 0) is 43.4 Å². The minimum atomic E-state index is -0.0863. The lowest BCUT2D eigenvalue weighted by Gasteiger charge is -2.32. The molecule has 7 nitrogen and oxygen atoms in total. The first kappa shape index (κ1) is 16.4. The molecule has 2 aromatic rings. The lowest BCUT2D eigenvalue weighted by Crippen LogP contribution is -2.46. The molecule has 7 heteroatoms. The summed E-state index contributed by atoms with van der Waals surface area (Å²) in [6.45, 7) is 3.49. The molecule has 1 aromatic heterocycles. The van der Waals surface area contributed by atoms with Crippen LogP contribution >= 0.6 is 0 Å². The van der Waals surface area contributed by atoms with Gasteiger partial charge in [-0.15, -0.1) is 5.10 Å². The lowest BCUT2D eigenvalue weighted by atomic mass is 9.99. The Bertz CT molecular complexity index is 656. The lowest BCUT2D eigenvalue weighted by molar-refractivity contribution is 0.128. The van der Waals surface area contributed by atoms with Crippen LogP contribution in [0, 0.1) is 5.92 Å². The van der Waals surface area contributed by atoms with E-state index in [9.17, 15) is 9.90 Å². The van der Waals surface area contributed by atoms with Crippen molar-refractivity contribution in [1.29, 1.82) is 0 Å². The zero-order valence-electron chi connectivity index (χ0n) is 13.8. The molecule has 0 radical (unpaired) electrons. The Morgan fingerprint density at radius 2 is 2.21 bits per heavy atom. The first-order chi connectivity index (χ1) is 11.7. The summed E-state index contributed by atoms with van der Waals surface area (Å²) in [6.07, 6.45) is 5.35. The molecule has 1 aliphatic heterocycles. The topological polar surface area (TPSA) is 83.3 Å². The Hall–Kier alpha value is -2.41. The minimum Gasteiger partial charge on any atom is -0.396 e. The average molecular weight is 329 g/mol. The third kappa shape index (κ3) is 3.73. The van der Waals surface area contributed by atoms with Gasteiger partial charge in [0, 0.05) is 19.7 Å². The smallest absolute Gasteiger partial charge is 0.317 e. The van der Waals surface area contributed by atoms with E-state index in [0.29, 0.717) is 6.54 Å². The predicted molar refractivity (Wildman–Crippen MR) is 89.7 cm³/mol. The predicted octanol–water partition coefficient (Wildman–Crippen LogP) is 1.74. The largest absolute Gasteiger partial charge is 0.396 e. The number of urea groups is 1. The van der Waals surface area contributed by atoms with E-state index in [0.717, 1.165) is 30.6 Å². The van der Waals surface area contributed by atoms with Crippen LogP contribution in [-0.2, 0) is 0 Å². The molecule has 0 saturated carbocycles. The second-order valence-electron chi connectivity index (χ2n) is 6.25. The number of nitrogens with zero attached hydrogens (tertiary/aromatic N) is 4. The van der Waals surface area contributed by atoms with Gasteiger partial charge >= 0.3 is 6.03 Å². The zero-order chi connectivity index (χ0) is 16.9. The van der Waals surface area contributed by atoms with Crippen LogP contribution in [0.5, 0.6) is 0 Å². The van der Waals surface area contributed by atoms with Gasteiger partial charge in [0.05, 0.1) is 24.1 Å². The van der Waals surface area contributed by atoms with Gasteiger partial charge < -0.3 is 15.3 Å². The number of aliphatic hydroxyl groups excluding tert-OH is 1. The van der Waals surface area contributed by atoms with Crippen molar-refractivity contribution in [3.05, 3.63) is 42.2 Å². The highest BCUT2D eigenvalue weighted by Crippen LogP contribution is 2.18. The van der Waals surface area contributed by atoms with Crippen molar-refractivity contribution in [2.24, 2.45) is 5.92 Å². The minimum absolute atomic E-state index is 0.0685. The fourth-order valence-electron chi connectivity index (χ4n) is 3.02. The molecule has 128 valence electrons. The van der Waals surface area contributed by atoms with E-state index < -0.39 is 0 Å². The van der Waals surface area contributed by atoms with Crippen molar-refractivity contribution in [1.82, 2.24) is 25.2 Å². The van der Waals surface area contributed by atoms with Crippen molar-refractivity contribution in [3.8, 4) is 5.69 Å². The van der Waals surface area contributed by atoms with Gasteiger partial charge in [0.15, 0.2) is 0 Å². The molecular weight excluding hydrogens is 306 g/mol. The third-order valence-corrected chi connectivity index (χ3v) is 4.48. The summed E-state index contributed by atoms with van der Waals surface area (Å²) in [5.41, 5.74) is 1.96. The molecule has 0 bridgehead atoms. The second kappa shape index (κ2) is 7.44. The molecular formula is C17H23N5O2. The van der Waals surface area contributed by atoms with Crippen LogP contribution in [0.2, 0.25) is 0 Å². The Kier molecular flexibility index (Phi) is 5.10. The molecule has 2 unspecified atom stereocenters. The van der Waals surface area contributed by atoms with Crippen LogP contribution in [0.1, 0.15) is 31.4 Å². The third-order valence-electron chi connectivity index (χ3n) is 4.48. The molecule has 2 N–H and O–H groups in total. The van der Waals surface area contributed by atoms with Crippen molar-refractivity contribution >= 4 is 6.03 Å². The molecule has 1 aliphatic rings. The van der Waals surface area contributed by atoms with Crippen molar-refractivity contribution in [2.75, 3.05) is 19.7 Å². The van der Waals surface area contributed by atoms with Crippen molar-refractivity contribution < 1.29 is 9.90 Å². The Labute approximate surface area is 141 Å². The zero-order valence-corrected chi connectivity index (χ0v) is 13.8. The molecule has 24 heavy (non-hydrogen) atoms.